The number of nitrogens with one attached hydrogen (secondary N) is 1. The molecule has 3 aromatic rings. The number of likely N-dealkylation sites (tertiary alicyclic amines) is 1. The van der Waals surface area contributed by atoms with E-state index < -0.39 is 11.7 Å². The van der Waals surface area contributed by atoms with Gasteiger partial charge in [0.1, 0.15) is 18.2 Å². The Morgan fingerprint density at radius 2 is 1.83 bits per heavy atom. The summed E-state index contributed by atoms with van der Waals surface area (Å²) in [6, 6.07) is 12.4. The molecule has 9 nitrogen and oxygen atoms in total. The van der Waals surface area contributed by atoms with Gasteiger partial charge in [0.15, 0.2) is 10.8 Å². The van der Waals surface area contributed by atoms with E-state index in [1.165, 1.54) is 24.3 Å². The van der Waals surface area contributed by atoms with E-state index in [9.17, 15) is 14.0 Å². The highest BCUT2D eigenvalue weighted by molar-refractivity contribution is 7.13. The largest absolute Gasteiger partial charge is 0.486 e. The first kappa shape index (κ1) is 23.3. The summed E-state index contributed by atoms with van der Waals surface area (Å²) in [6.07, 6.45) is 1.28. The average molecular weight is 499 g/mol. The third-order valence-corrected chi connectivity index (χ3v) is 6.73. The van der Waals surface area contributed by atoms with E-state index >= 15 is 0 Å². The Morgan fingerprint density at radius 1 is 1.09 bits per heavy atom. The summed E-state index contributed by atoms with van der Waals surface area (Å²) >= 11 is 1.09. The quantitative estimate of drug-likeness (QED) is 0.555. The van der Waals surface area contributed by atoms with Crippen LogP contribution in [0, 0.1) is 5.82 Å². The van der Waals surface area contributed by atoms with E-state index in [1.54, 1.807) is 29.2 Å². The predicted octanol–water partition coefficient (Wildman–Crippen LogP) is 3.49. The minimum Gasteiger partial charge on any atom is -0.486 e. The Labute approximate surface area is 204 Å². The van der Waals surface area contributed by atoms with E-state index in [0.717, 1.165) is 11.3 Å². The van der Waals surface area contributed by atoms with Gasteiger partial charge in [0.25, 0.3) is 11.8 Å². The highest BCUT2D eigenvalue weighted by Gasteiger charge is 2.40. The third-order valence-electron chi connectivity index (χ3n) is 5.83. The van der Waals surface area contributed by atoms with Crippen LogP contribution in [0.15, 0.2) is 48.5 Å². The average Bonchev–Trinajstić information content (AvgIpc) is 3.54. The van der Waals surface area contributed by atoms with Crippen LogP contribution in [0.2, 0.25) is 0 Å². The molecule has 2 aromatic carbocycles. The number of rotatable bonds is 6. The third kappa shape index (κ3) is 5.47. The number of nitrogens with zero attached hydrogens (tertiary/aromatic N) is 3. The molecule has 11 heteroatoms. The number of hydrogen-bond donors (Lipinski definition) is 1. The Balaban J connectivity index is 1.17. The van der Waals surface area contributed by atoms with Gasteiger partial charge in [0.05, 0.1) is 13.2 Å². The van der Waals surface area contributed by atoms with Gasteiger partial charge in [-0.1, -0.05) is 17.4 Å². The lowest BCUT2D eigenvalue weighted by molar-refractivity contribution is -0.181. The highest BCUT2D eigenvalue weighted by Crippen LogP contribution is 2.32. The van der Waals surface area contributed by atoms with Gasteiger partial charge in [-0.3, -0.25) is 9.59 Å². The van der Waals surface area contributed by atoms with Gasteiger partial charge in [-0.05, 0) is 42.5 Å². The minimum absolute atomic E-state index is 0.105. The second-order valence-corrected chi connectivity index (χ2v) is 9.24. The van der Waals surface area contributed by atoms with Crippen LogP contribution in [0.25, 0.3) is 0 Å². The molecule has 2 aliphatic heterocycles. The molecule has 0 saturated carbocycles. The molecule has 3 heterocycles. The summed E-state index contributed by atoms with van der Waals surface area (Å²) in [7, 11) is 0. The van der Waals surface area contributed by atoms with Crippen molar-refractivity contribution in [3.05, 3.63) is 69.9 Å². The molecule has 1 aromatic heterocycles. The van der Waals surface area contributed by atoms with Gasteiger partial charge in [0, 0.05) is 37.2 Å². The maximum absolute atomic E-state index is 13.0. The van der Waals surface area contributed by atoms with Crippen LogP contribution < -0.4 is 10.1 Å². The van der Waals surface area contributed by atoms with E-state index in [0.29, 0.717) is 61.2 Å². The van der Waals surface area contributed by atoms with Gasteiger partial charge >= 0.3 is 0 Å². The van der Waals surface area contributed by atoms with Gasteiger partial charge < -0.3 is 24.4 Å². The Morgan fingerprint density at radius 3 is 2.57 bits per heavy atom. The Bertz CT molecular complexity index is 1200. The first-order chi connectivity index (χ1) is 17.0. The number of ether oxygens (including phenoxy) is 3. The Kier molecular flexibility index (Phi) is 6.71. The maximum atomic E-state index is 13.0. The second kappa shape index (κ2) is 10.1. The van der Waals surface area contributed by atoms with Gasteiger partial charge in [0.2, 0.25) is 5.01 Å². The molecule has 0 unspecified atom stereocenters. The first-order valence-electron chi connectivity index (χ1n) is 11.2. The summed E-state index contributed by atoms with van der Waals surface area (Å²) in [5.74, 6) is -0.949. The lowest BCUT2D eigenvalue weighted by atomic mass is 10.0. The van der Waals surface area contributed by atoms with Crippen molar-refractivity contribution in [1.29, 1.82) is 0 Å². The summed E-state index contributed by atoms with van der Waals surface area (Å²) in [4.78, 5) is 27.4. The molecule has 0 bridgehead atoms. The highest BCUT2D eigenvalue weighted by atomic mass is 32.1. The molecule has 1 spiro atoms. The van der Waals surface area contributed by atoms with Crippen LogP contribution in [0.4, 0.5) is 10.1 Å². The van der Waals surface area contributed by atoms with E-state index in [-0.39, 0.29) is 23.3 Å². The summed E-state index contributed by atoms with van der Waals surface area (Å²) < 4.78 is 30.0. The monoisotopic (exact) mass is 498 g/mol. The van der Waals surface area contributed by atoms with Crippen LogP contribution in [0.5, 0.6) is 5.75 Å². The molecule has 2 saturated heterocycles. The number of hydrogen-bond acceptors (Lipinski definition) is 8. The number of halogens is 1. The molecule has 5 rings (SSSR count). The number of anilines is 1. The van der Waals surface area contributed by atoms with Crippen LogP contribution in [-0.2, 0) is 16.1 Å². The van der Waals surface area contributed by atoms with Crippen molar-refractivity contribution in [1.82, 2.24) is 15.1 Å². The van der Waals surface area contributed by atoms with E-state index in [2.05, 4.69) is 15.5 Å². The standard InChI is InChI=1S/C24H23FN4O5S/c25-17-4-6-19(7-5-17)32-15-20-27-28-22(35-20)21(30)26-18-3-1-2-16(14-18)23(31)29-10-8-24(9-11-29)33-12-13-34-24/h1-7,14H,8-13,15H2,(H,26,30). The smallest absolute Gasteiger partial charge is 0.286 e. The van der Waals surface area contributed by atoms with Crippen molar-refractivity contribution >= 4 is 28.8 Å². The molecule has 0 radical (unpaired) electrons. The van der Waals surface area contributed by atoms with Gasteiger partial charge in [-0.2, -0.15) is 0 Å². The number of benzene rings is 2. The molecule has 0 aliphatic carbocycles. The predicted molar refractivity (Wildman–Crippen MR) is 125 cm³/mol. The molecule has 2 fully saturated rings. The number of carbonyl (C=O) groups is 2. The first-order valence-corrected chi connectivity index (χ1v) is 12.0. The fourth-order valence-electron chi connectivity index (χ4n) is 4.01. The van der Waals surface area contributed by atoms with Crippen molar-refractivity contribution in [3.63, 3.8) is 0 Å². The van der Waals surface area contributed by atoms with Crippen LogP contribution in [0.3, 0.4) is 0 Å². The van der Waals surface area contributed by atoms with Crippen molar-refractivity contribution in [2.24, 2.45) is 0 Å². The molecule has 0 atom stereocenters. The number of aromatic nitrogens is 2. The van der Waals surface area contributed by atoms with Crippen molar-refractivity contribution in [2.45, 2.75) is 25.2 Å². The van der Waals surface area contributed by atoms with Crippen molar-refractivity contribution in [2.75, 3.05) is 31.6 Å². The number of carbonyl (C=O) groups excluding carboxylic acids is 2. The zero-order valence-electron chi connectivity index (χ0n) is 18.7. The SMILES string of the molecule is O=C(Nc1cccc(C(=O)N2CCC3(CC2)OCCO3)c1)c1nnc(COc2ccc(F)cc2)s1. The van der Waals surface area contributed by atoms with Gasteiger partial charge in [-0.25, -0.2) is 4.39 Å². The van der Waals surface area contributed by atoms with Crippen molar-refractivity contribution < 1.29 is 28.2 Å². The Hall–Kier alpha value is -3.41. The molecule has 35 heavy (non-hydrogen) atoms. The second-order valence-electron chi connectivity index (χ2n) is 8.18. The summed E-state index contributed by atoms with van der Waals surface area (Å²) in [6.45, 7) is 2.37. The molecule has 2 aliphatic rings. The van der Waals surface area contributed by atoms with Crippen LogP contribution in [-0.4, -0.2) is 59.0 Å². The zero-order valence-corrected chi connectivity index (χ0v) is 19.6. The molecule has 182 valence electrons. The van der Waals surface area contributed by atoms with Crippen molar-refractivity contribution in [3.8, 4) is 5.75 Å². The maximum Gasteiger partial charge on any atom is 0.286 e. The minimum atomic E-state index is -0.544. The fraction of sp³-hybridized carbons (Fsp3) is 0.333. The molecular formula is C24H23FN4O5S. The fourth-order valence-corrected chi connectivity index (χ4v) is 4.66. The number of amides is 2. The number of piperidine rings is 1. The van der Waals surface area contributed by atoms with E-state index in [4.69, 9.17) is 14.2 Å². The summed E-state index contributed by atoms with van der Waals surface area (Å²) in [5, 5.41) is 11.3. The lowest BCUT2D eigenvalue weighted by Crippen LogP contribution is -2.47. The lowest BCUT2D eigenvalue weighted by Gasteiger charge is -2.37. The van der Waals surface area contributed by atoms with Gasteiger partial charge in [-0.15, -0.1) is 10.2 Å². The summed E-state index contributed by atoms with van der Waals surface area (Å²) in [5.41, 5.74) is 0.966. The normalized spacial score (nSPS) is 16.9. The van der Waals surface area contributed by atoms with E-state index in [1.807, 2.05) is 0 Å². The van der Waals surface area contributed by atoms with Crippen LogP contribution >= 0.6 is 11.3 Å². The van der Waals surface area contributed by atoms with Crippen LogP contribution in [0.1, 0.15) is 38.0 Å². The molecular weight excluding hydrogens is 475 g/mol. The molecule has 1 N–H and O–H groups in total. The topological polar surface area (TPSA) is 103 Å². The zero-order chi connectivity index (χ0) is 24.3. The molecule has 2 amide bonds.